The van der Waals surface area contributed by atoms with Gasteiger partial charge in [-0.05, 0) is 82.1 Å². The Labute approximate surface area is 187 Å². The Kier molecular flexibility index (Phi) is 4.36. The average molecular weight is 423 g/mol. The highest BCUT2D eigenvalue weighted by Crippen LogP contribution is 2.67. The SMILES string of the molecule is Cc1cc(O)cc2c1OC(C)(CC1=C[C@@]3(C)CCC[C@@]3(C)[C@]3(C=CC(C)(C)O3)C1)CC2. The summed E-state index contributed by atoms with van der Waals surface area (Å²) in [6.45, 7) is 13.6. The fourth-order valence-electron chi connectivity index (χ4n) is 7.17. The van der Waals surface area contributed by atoms with E-state index in [2.05, 4.69) is 52.8 Å². The van der Waals surface area contributed by atoms with Crippen LogP contribution in [-0.2, 0) is 11.2 Å². The predicted octanol–water partition coefficient (Wildman–Crippen LogP) is 6.80. The Balaban J connectivity index is 1.48. The van der Waals surface area contributed by atoms with Crippen molar-refractivity contribution in [3.8, 4) is 11.5 Å². The Bertz CT molecular complexity index is 988. The van der Waals surface area contributed by atoms with Crippen molar-refractivity contribution in [2.45, 2.75) is 103 Å². The second kappa shape index (κ2) is 6.41. The molecule has 1 N–H and O–H groups in total. The minimum absolute atomic E-state index is 0.128. The molecule has 1 aromatic rings. The van der Waals surface area contributed by atoms with Crippen LogP contribution in [-0.4, -0.2) is 21.9 Å². The summed E-state index contributed by atoms with van der Waals surface area (Å²) in [4.78, 5) is 0. The number of allylic oxidation sites excluding steroid dienone is 1. The van der Waals surface area contributed by atoms with Gasteiger partial charge in [0.15, 0.2) is 0 Å². The van der Waals surface area contributed by atoms with E-state index in [0.717, 1.165) is 42.6 Å². The van der Waals surface area contributed by atoms with Crippen molar-refractivity contribution in [2.24, 2.45) is 10.8 Å². The van der Waals surface area contributed by atoms with Gasteiger partial charge in [-0.25, -0.2) is 0 Å². The van der Waals surface area contributed by atoms with Crippen molar-refractivity contribution in [3.05, 3.63) is 47.1 Å². The molecule has 1 unspecified atom stereocenters. The number of hydrogen-bond acceptors (Lipinski definition) is 3. The second-order valence-electron chi connectivity index (χ2n) is 12.0. The Morgan fingerprint density at radius 2 is 1.77 bits per heavy atom. The Morgan fingerprint density at radius 3 is 2.48 bits per heavy atom. The van der Waals surface area contributed by atoms with Crippen LogP contribution < -0.4 is 4.74 Å². The molecule has 3 heteroatoms. The van der Waals surface area contributed by atoms with Crippen LogP contribution >= 0.6 is 0 Å². The van der Waals surface area contributed by atoms with E-state index in [0.29, 0.717) is 5.75 Å². The normalized spacial score (nSPS) is 40.4. The molecule has 3 nitrogen and oxygen atoms in total. The molecule has 5 rings (SSSR count). The summed E-state index contributed by atoms with van der Waals surface area (Å²) in [7, 11) is 0. The van der Waals surface area contributed by atoms with Crippen LogP contribution in [0.15, 0.2) is 35.9 Å². The van der Waals surface area contributed by atoms with Gasteiger partial charge >= 0.3 is 0 Å². The molecule has 2 aliphatic heterocycles. The fourth-order valence-corrected chi connectivity index (χ4v) is 7.17. The first-order valence-corrected chi connectivity index (χ1v) is 12.0. The van der Waals surface area contributed by atoms with Gasteiger partial charge in [0.1, 0.15) is 17.1 Å². The van der Waals surface area contributed by atoms with E-state index < -0.39 is 0 Å². The standard InChI is InChI=1S/C28H38O3/c1-19-14-22(29)15-21-8-11-26(5,30-23(19)21)17-20-16-25(4)9-7-10-27(25,6)28(18-20)13-12-24(2,3)31-28/h12-16,29H,7-11,17-18H2,1-6H3/t25-,26?,27-,28+/m1/s1. The zero-order valence-electron chi connectivity index (χ0n) is 20.1. The molecule has 1 spiro atoms. The van der Waals surface area contributed by atoms with E-state index in [1.807, 2.05) is 19.1 Å². The number of aryl methyl sites for hydroxylation is 2. The third-order valence-corrected chi connectivity index (χ3v) is 8.99. The molecule has 168 valence electrons. The second-order valence-corrected chi connectivity index (χ2v) is 12.0. The highest BCUT2D eigenvalue weighted by atomic mass is 16.5. The Morgan fingerprint density at radius 1 is 1.00 bits per heavy atom. The van der Waals surface area contributed by atoms with Crippen LogP contribution in [0, 0.1) is 17.8 Å². The van der Waals surface area contributed by atoms with Crippen LogP contribution in [0.3, 0.4) is 0 Å². The minimum Gasteiger partial charge on any atom is -0.508 e. The molecule has 2 heterocycles. The van der Waals surface area contributed by atoms with E-state index in [9.17, 15) is 5.11 Å². The summed E-state index contributed by atoms with van der Waals surface area (Å²) < 4.78 is 13.5. The summed E-state index contributed by atoms with van der Waals surface area (Å²) in [5, 5.41) is 9.98. The minimum atomic E-state index is -0.234. The lowest BCUT2D eigenvalue weighted by molar-refractivity contribution is -0.164. The van der Waals surface area contributed by atoms with E-state index in [1.54, 1.807) is 0 Å². The zero-order chi connectivity index (χ0) is 22.3. The van der Waals surface area contributed by atoms with Gasteiger partial charge in [-0.2, -0.15) is 0 Å². The van der Waals surface area contributed by atoms with Crippen molar-refractivity contribution < 1.29 is 14.6 Å². The summed E-state index contributed by atoms with van der Waals surface area (Å²) in [6, 6.07) is 3.67. The third-order valence-electron chi connectivity index (χ3n) is 8.99. The van der Waals surface area contributed by atoms with Gasteiger partial charge in [0.25, 0.3) is 0 Å². The molecule has 4 aliphatic rings. The zero-order valence-corrected chi connectivity index (χ0v) is 20.1. The summed E-state index contributed by atoms with van der Waals surface area (Å²) in [5.74, 6) is 1.30. The van der Waals surface area contributed by atoms with Crippen LogP contribution in [0.5, 0.6) is 11.5 Å². The number of rotatable bonds is 2. The Hall–Kier alpha value is -1.74. The molecule has 1 aromatic carbocycles. The molecular formula is C28H38O3. The lowest BCUT2D eigenvalue weighted by Gasteiger charge is -2.56. The fraction of sp³-hybridized carbons (Fsp3) is 0.643. The maximum atomic E-state index is 9.98. The van der Waals surface area contributed by atoms with Gasteiger partial charge in [-0.1, -0.05) is 44.1 Å². The summed E-state index contributed by atoms with van der Waals surface area (Å²) >= 11 is 0. The van der Waals surface area contributed by atoms with Crippen molar-refractivity contribution in [1.82, 2.24) is 0 Å². The molecular weight excluding hydrogens is 384 g/mol. The van der Waals surface area contributed by atoms with Crippen molar-refractivity contribution in [1.29, 1.82) is 0 Å². The third kappa shape index (κ3) is 3.10. The van der Waals surface area contributed by atoms with Crippen molar-refractivity contribution in [2.75, 3.05) is 0 Å². The number of phenols is 1. The smallest absolute Gasteiger partial charge is 0.126 e. The molecule has 2 aliphatic carbocycles. The number of benzene rings is 1. The van der Waals surface area contributed by atoms with E-state index in [1.165, 1.54) is 24.8 Å². The quantitative estimate of drug-likeness (QED) is 0.532. The monoisotopic (exact) mass is 422 g/mol. The van der Waals surface area contributed by atoms with Crippen LogP contribution in [0.1, 0.15) is 84.3 Å². The number of hydrogen-bond donors (Lipinski definition) is 1. The number of ether oxygens (including phenoxy) is 2. The molecule has 0 radical (unpaired) electrons. The van der Waals surface area contributed by atoms with Gasteiger partial charge in [0.2, 0.25) is 0 Å². The maximum absolute atomic E-state index is 9.98. The molecule has 31 heavy (non-hydrogen) atoms. The first kappa shape index (κ1) is 21.1. The van der Waals surface area contributed by atoms with Crippen molar-refractivity contribution in [3.63, 3.8) is 0 Å². The lowest BCUT2D eigenvalue weighted by Crippen LogP contribution is -2.56. The molecule has 1 fully saturated rings. The van der Waals surface area contributed by atoms with Gasteiger partial charge in [0.05, 0.1) is 11.2 Å². The van der Waals surface area contributed by atoms with E-state index in [-0.39, 0.29) is 27.6 Å². The average Bonchev–Trinajstić information content (AvgIpc) is 3.13. The van der Waals surface area contributed by atoms with E-state index >= 15 is 0 Å². The maximum Gasteiger partial charge on any atom is 0.126 e. The van der Waals surface area contributed by atoms with Gasteiger partial charge in [-0.15, -0.1) is 0 Å². The molecule has 0 saturated heterocycles. The summed E-state index contributed by atoms with van der Waals surface area (Å²) in [5.41, 5.74) is 3.24. The van der Waals surface area contributed by atoms with Gasteiger partial charge in [-0.3, -0.25) is 0 Å². The number of phenolic OH excluding ortho intramolecular Hbond substituents is 1. The first-order chi connectivity index (χ1) is 14.4. The summed E-state index contributed by atoms with van der Waals surface area (Å²) in [6.07, 6.45) is 14.8. The molecule has 0 bridgehead atoms. The number of aromatic hydroxyl groups is 1. The largest absolute Gasteiger partial charge is 0.508 e. The topological polar surface area (TPSA) is 38.7 Å². The number of fused-ring (bicyclic) bond motifs is 3. The molecule has 1 saturated carbocycles. The predicted molar refractivity (Wildman–Crippen MR) is 125 cm³/mol. The van der Waals surface area contributed by atoms with Crippen LogP contribution in [0.4, 0.5) is 0 Å². The van der Waals surface area contributed by atoms with E-state index in [4.69, 9.17) is 9.47 Å². The lowest BCUT2D eigenvalue weighted by atomic mass is 9.53. The molecule has 4 atom stereocenters. The van der Waals surface area contributed by atoms with Gasteiger partial charge in [0, 0.05) is 18.3 Å². The molecule has 0 aromatic heterocycles. The molecule has 0 amide bonds. The van der Waals surface area contributed by atoms with Crippen LogP contribution in [0.25, 0.3) is 0 Å². The van der Waals surface area contributed by atoms with Gasteiger partial charge < -0.3 is 14.6 Å². The first-order valence-electron chi connectivity index (χ1n) is 12.0. The van der Waals surface area contributed by atoms with Crippen molar-refractivity contribution >= 4 is 0 Å². The van der Waals surface area contributed by atoms with Crippen LogP contribution in [0.2, 0.25) is 0 Å². The highest BCUT2D eigenvalue weighted by molar-refractivity contribution is 5.48. The highest BCUT2D eigenvalue weighted by Gasteiger charge is 2.64.